The number of carbonyl (C=O) groups excluding carboxylic acids is 4. The number of ether oxygens (including phenoxy) is 2. The molecular formula is C26H24N2O6. The number of hydrogen-bond acceptors (Lipinski definition) is 6. The average Bonchev–Trinajstić information content (AvgIpc) is 3.03. The van der Waals surface area contributed by atoms with Gasteiger partial charge in [-0.1, -0.05) is 25.3 Å². The van der Waals surface area contributed by atoms with Crippen LogP contribution >= 0.6 is 0 Å². The molecule has 1 saturated heterocycles. The van der Waals surface area contributed by atoms with Gasteiger partial charge < -0.3 is 19.6 Å². The van der Waals surface area contributed by atoms with Crippen LogP contribution in [0.2, 0.25) is 0 Å². The minimum Gasteiger partial charge on any atom is -0.490 e. The molecule has 1 aliphatic carbocycles. The molecule has 2 aliphatic rings. The van der Waals surface area contributed by atoms with E-state index in [1.807, 2.05) is 0 Å². The van der Waals surface area contributed by atoms with Crippen LogP contribution in [0.25, 0.3) is 0 Å². The van der Waals surface area contributed by atoms with E-state index in [9.17, 15) is 19.2 Å². The van der Waals surface area contributed by atoms with Crippen molar-refractivity contribution < 1.29 is 28.7 Å². The number of carbonyl (C=O) groups is 4. The highest BCUT2D eigenvalue weighted by Gasteiger charge is 2.67. The third-order valence-corrected chi connectivity index (χ3v) is 6.03. The lowest BCUT2D eigenvalue weighted by atomic mass is 9.58. The number of rotatable bonds is 10. The van der Waals surface area contributed by atoms with Gasteiger partial charge in [-0.3, -0.25) is 19.3 Å². The molecule has 2 aromatic rings. The number of aldehydes is 1. The predicted octanol–water partition coefficient (Wildman–Crippen LogP) is 3.01. The fraction of sp³-hybridized carbons (Fsp3) is 0.231. The summed E-state index contributed by atoms with van der Waals surface area (Å²) in [6.07, 6.45) is 3.82. The number of fused-ring (bicyclic) bond motifs is 1. The van der Waals surface area contributed by atoms with E-state index >= 15 is 0 Å². The fourth-order valence-corrected chi connectivity index (χ4v) is 4.44. The largest absolute Gasteiger partial charge is 0.490 e. The first-order valence-corrected chi connectivity index (χ1v) is 10.8. The molecule has 4 unspecified atom stereocenters. The monoisotopic (exact) mass is 460 g/mol. The lowest BCUT2D eigenvalue weighted by Gasteiger charge is -2.40. The van der Waals surface area contributed by atoms with E-state index in [2.05, 4.69) is 18.5 Å². The zero-order valence-electron chi connectivity index (χ0n) is 18.4. The van der Waals surface area contributed by atoms with E-state index in [1.165, 1.54) is 0 Å². The number of nitrogens with zero attached hydrogens (tertiary/aromatic N) is 1. The van der Waals surface area contributed by atoms with Crippen molar-refractivity contribution in [3.63, 3.8) is 0 Å². The van der Waals surface area contributed by atoms with Crippen molar-refractivity contribution in [1.82, 2.24) is 0 Å². The Labute approximate surface area is 196 Å². The summed E-state index contributed by atoms with van der Waals surface area (Å²) in [5.41, 5.74) is 0.863. The molecule has 3 amide bonds. The van der Waals surface area contributed by atoms with Crippen molar-refractivity contribution in [3.8, 4) is 11.5 Å². The number of benzene rings is 2. The van der Waals surface area contributed by atoms with Crippen LogP contribution in [0.15, 0.2) is 73.8 Å². The molecule has 2 fully saturated rings. The number of amides is 3. The van der Waals surface area contributed by atoms with Gasteiger partial charge in [0, 0.05) is 11.6 Å². The molecule has 0 spiro atoms. The molecule has 1 saturated carbocycles. The van der Waals surface area contributed by atoms with Crippen LogP contribution in [0.1, 0.15) is 0 Å². The standard InChI is InChI=1S/C26H24N2O6/c1-3-13-33-18-9-5-16(6-10-18)27-24(30)21-20(15-29)22-23(21)26(32)28(25(22)31)17-7-11-19(12-8-17)34-14-4-2/h3-12,15,20-23H,1-2,13-14H2,(H,27,30). The Balaban J connectivity index is 1.48. The Morgan fingerprint density at radius 3 is 1.94 bits per heavy atom. The first-order valence-electron chi connectivity index (χ1n) is 10.8. The summed E-state index contributed by atoms with van der Waals surface area (Å²) in [5, 5.41) is 2.74. The maximum atomic E-state index is 13.1. The molecule has 1 N–H and O–H groups in total. The molecule has 1 heterocycles. The highest BCUT2D eigenvalue weighted by atomic mass is 16.5. The molecule has 34 heavy (non-hydrogen) atoms. The summed E-state index contributed by atoms with van der Waals surface area (Å²) in [7, 11) is 0. The average molecular weight is 460 g/mol. The van der Waals surface area contributed by atoms with Crippen molar-refractivity contribution in [2.24, 2.45) is 23.7 Å². The van der Waals surface area contributed by atoms with Crippen LogP contribution in [-0.4, -0.2) is 37.2 Å². The van der Waals surface area contributed by atoms with Crippen molar-refractivity contribution in [2.75, 3.05) is 23.4 Å². The Morgan fingerprint density at radius 1 is 0.882 bits per heavy atom. The smallest absolute Gasteiger partial charge is 0.238 e. The minimum absolute atomic E-state index is 0.327. The van der Waals surface area contributed by atoms with Crippen LogP contribution in [0.3, 0.4) is 0 Å². The second-order valence-corrected chi connectivity index (χ2v) is 8.01. The van der Waals surface area contributed by atoms with Crippen molar-refractivity contribution >= 4 is 35.4 Å². The third-order valence-electron chi connectivity index (χ3n) is 6.03. The Hall–Kier alpha value is -4.20. The van der Waals surface area contributed by atoms with Crippen LogP contribution in [0.5, 0.6) is 11.5 Å². The number of imide groups is 1. The first-order chi connectivity index (χ1) is 16.5. The number of nitrogens with one attached hydrogen (secondary N) is 1. The molecule has 4 atom stereocenters. The summed E-state index contributed by atoms with van der Waals surface area (Å²) < 4.78 is 10.8. The lowest BCUT2D eigenvalue weighted by Crippen LogP contribution is -2.54. The molecule has 8 heteroatoms. The predicted molar refractivity (Wildman–Crippen MR) is 125 cm³/mol. The zero-order valence-corrected chi connectivity index (χ0v) is 18.4. The SMILES string of the molecule is C=CCOc1ccc(NC(=O)C2C(C=O)C3C(=O)N(c4ccc(OCC=C)cc4)C(=O)C23)cc1. The number of anilines is 2. The molecule has 0 radical (unpaired) electrons. The van der Waals surface area contributed by atoms with Crippen molar-refractivity contribution in [1.29, 1.82) is 0 Å². The van der Waals surface area contributed by atoms with Crippen molar-refractivity contribution in [2.45, 2.75) is 0 Å². The van der Waals surface area contributed by atoms with Gasteiger partial charge in [-0.05, 0) is 48.5 Å². The Morgan fingerprint density at radius 2 is 1.41 bits per heavy atom. The van der Waals surface area contributed by atoms with Crippen LogP contribution < -0.4 is 19.7 Å². The van der Waals surface area contributed by atoms with E-state index < -0.39 is 41.4 Å². The van der Waals surface area contributed by atoms with Crippen LogP contribution in [0, 0.1) is 23.7 Å². The summed E-state index contributed by atoms with van der Waals surface area (Å²) in [5.74, 6) is -3.76. The van der Waals surface area contributed by atoms with Gasteiger partial charge in [0.2, 0.25) is 17.7 Å². The molecule has 174 valence electrons. The van der Waals surface area contributed by atoms with E-state index in [0.717, 1.165) is 4.90 Å². The second kappa shape index (κ2) is 9.74. The summed E-state index contributed by atoms with van der Waals surface area (Å²) in [4.78, 5) is 52.0. The minimum atomic E-state index is -0.921. The van der Waals surface area contributed by atoms with Gasteiger partial charge in [-0.2, -0.15) is 0 Å². The summed E-state index contributed by atoms with van der Waals surface area (Å²) in [6, 6.07) is 13.2. The maximum Gasteiger partial charge on any atom is 0.238 e. The van der Waals surface area contributed by atoms with E-state index in [4.69, 9.17) is 9.47 Å². The summed E-state index contributed by atoms with van der Waals surface area (Å²) >= 11 is 0. The highest BCUT2D eigenvalue weighted by Crippen LogP contribution is 2.52. The number of hydrogen-bond donors (Lipinski definition) is 1. The van der Waals surface area contributed by atoms with Gasteiger partial charge in [0.1, 0.15) is 31.0 Å². The van der Waals surface area contributed by atoms with Gasteiger partial charge in [-0.25, -0.2) is 0 Å². The van der Waals surface area contributed by atoms with Gasteiger partial charge in [0.05, 0.1) is 23.4 Å². The second-order valence-electron chi connectivity index (χ2n) is 8.01. The normalized spacial score (nSPS) is 22.9. The van der Waals surface area contributed by atoms with Gasteiger partial charge in [-0.15, -0.1) is 0 Å². The summed E-state index contributed by atoms with van der Waals surface area (Å²) in [6.45, 7) is 7.85. The fourth-order valence-electron chi connectivity index (χ4n) is 4.44. The molecule has 1 aliphatic heterocycles. The molecule has 8 nitrogen and oxygen atoms in total. The molecule has 0 aromatic heterocycles. The Bertz CT molecular complexity index is 1120. The molecule has 2 aromatic carbocycles. The van der Waals surface area contributed by atoms with E-state index in [1.54, 1.807) is 60.7 Å². The Kier molecular flexibility index (Phi) is 6.58. The maximum absolute atomic E-state index is 13.1. The molecule has 4 rings (SSSR count). The van der Waals surface area contributed by atoms with E-state index in [0.29, 0.717) is 42.4 Å². The lowest BCUT2D eigenvalue weighted by molar-refractivity contribution is -0.150. The molecular weight excluding hydrogens is 436 g/mol. The third kappa shape index (κ3) is 4.10. The molecule has 0 bridgehead atoms. The van der Waals surface area contributed by atoms with E-state index in [-0.39, 0.29) is 0 Å². The van der Waals surface area contributed by atoms with Crippen LogP contribution in [0.4, 0.5) is 11.4 Å². The zero-order chi connectivity index (χ0) is 24.2. The highest BCUT2D eigenvalue weighted by molar-refractivity contribution is 6.25. The van der Waals surface area contributed by atoms with Crippen molar-refractivity contribution in [3.05, 3.63) is 73.8 Å². The quantitative estimate of drug-likeness (QED) is 0.332. The van der Waals surface area contributed by atoms with Gasteiger partial charge in [0.15, 0.2) is 0 Å². The van der Waals surface area contributed by atoms with Crippen LogP contribution in [-0.2, 0) is 19.2 Å². The first kappa shape index (κ1) is 23.0. The van der Waals surface area contributed by atoms with Gasteiger partial charge >= 0.3 is 0 Å². The topological polar surface area (TPSA) is 102 Å². The van der Waals surface area contributed by atoms with Gasteiger partial charge in [0.25, 0.3) is 0 Å².